The lowest BCUT2D eigenvalue weighted by Crippen LogP contribution is -2.37. The molecule has 0 spiro atoms. The van der Waals surface area contributed by atoms with Crippen LogP contribution >= 0.6 is 11.3 Å². The van der Waals surface area contributed by atoms with Crippen molar-refractivity contribution >= 4 is 44.4 Å². The predicted octanol–water partition coefficient (Wildman–Crippen LogP) is 3.99. The molecular formula is C22H25N3O3S. The van der Waals surface area contributed by atoms with Crippen LogP contribution < -0.4 is 4.90 Å². The number of imide groups is 1. The molecule has 2 saturated heterocycles. The quantitative estimate of drug-likeness (QED) is 0.701. The number of fused-ring (bicyclic) bond motifs is 3. The van der Waals surface area contributed by atoms with E-state index in [4.69, 9.17) is 0 Å². The summed E-state index contributed by atoms with van der Waals surface area (Å²) >= 11 is 1.30. The largest absolute Gasteiger partial charge is 0.335 e. The maximum atomic E-state index is 13.3. The smallest absolute Gasteiger partial charge is 0.254 e. The molecule has 3 amide bonds. The van der Waals surface area contributed by atoms with E-state index in [1.807, 2.05) is 18.2 Å². The molecule has 2 aliphatic heterocycles. The van der Waals surface area contributed by atoms with Crippen molar-refractivity contribution in [1.82, 2.24) is 9.88 Å². The summed E-state index contributed by atoms with van der Waals surface area (Å²) in [5.74, 6) is -0.335. The zero-order chi connectivity index (χ0) is 20.6. The average molecular weight is 412 g/mol. The fourth-order valence-electron chi connectivity index (χ4n) is 5.79. The van der Waals surface area contributed by atoms with Crippen molar-refractivity contribution in [3.05, 3.63) is 23.8 Å². The van der Waals surface area contributed by atoms with Crippen molar-refractivity contribution in [3.8, 4) is 0 Å². The van der Waals surface area contributed by atoms with Gasteiger partial charge in [0.1, 0.15) is 0 Å². The number of thiazole rings is 1. The predicted molar refractivity (Wildman–Crippen MR) is 112 cm³/mol. The van der Waals surface area contributed by atoms with E-state index in [0.717, 1.165) is 30.5 Å². The van der Waals surface area contributed by atoms with Crippen molar-refractivity contribution in [2.24, 2.45) is 10.8 Å². The Morgan fingerprint density at radius 1 is 1.14 bits per heavy atom. The minimum absolute atomic E-state index is 0.0709. The van der Waals surface area contributed by atoms with Gasteiger partial charge in [-0.3, -0.25) is 14.4 Å². The molecule has 2 atom stereocenters. The summed E-state index contributed by atoms with van der Waals surface area (Å²) in [6, 6.07) is 5.79. The summed E-state index contributed by atoms with van der Waals surface area (Å²) in [7, 11) is 0. The van der Waals surface area contributed by atoms with Crippen molar-refractivity contribution in [3.63, 3.8) is 0 Å². The van der Waals surface area contributed by atoms with Gasteiger partial charge in [0.05, 0.1) is 10.2 Å². The zero-order valence-electron chi connectivity index (χ0n) is 17.0. The fourth-order valence-corrected chi connectivity index (χ4v) is 6.83. The summed E-state index contributed by atoms with van der Waals surface area (Å²) in [6.45, 7) is 7.72. The lowest BCUT2D eigenvalue weighted by atomic mass is 9.65. The standard InChI is InChI=1S/C22H25N3O3S/c1-21(2)9-14-10-22(3,11-21)12-24(14)19(28)13-4-5-15-16(8-13)29-20(23-15)25-17(26)6-7-18(25)27/h4-5,8,14H,6-7,9-12H2,1-3H3. The highest BCUT2D eigenvalue weighted by molar-refractivity contribution is 7.22. The maximum Gasteiger partial charge on any atom is 0.254 e. The van der Waals surface area contributed by atoms with Crippen LogP contribution in [0.2, 0.25) is 0 Å². The van der Waals surface area contributed by atoms with Crippen LogP contribution in [0.25, 0.3) is 10.2 Å². The molecule has 3 fully saturated rings. The van der Waals surface area contributed by atoms with Gasteiger partial charge >= 0.3 is 0 Å². The Morgan fingerprint density at radius 2 is 1.86 bits per heavy atom. The number of carbonyl (C=O) groups is 3. The number of likely N-dealkylation sites (tertiary alicyclic amines) is 1. The van der Waals surface area contributed by atoms with E-state index >= 15 is 0 Å². The minimum atomic E-state index is -0.203. The SMILES string of the molecule is CC1(C)CC2CC(C)(CN2C(=O)c2ccc3nc(N4C(=O)CCC4=O)sc3c2)C1. The minimum Gasteiger partial charge on any atom is -0.335 e. The van der Waals surface area contributed by atoms with Crippen LogP contribution in [0.1, 0.15) is 63.2 Å². The summed E-state index contributed by atoms with van der Waals surface area (Å²) < 4.78 is 0.826. The fraction of sp³-hybridized carbons (Fsp3) is 0.545. The highest BCUT2D eigenvalue weighted by atomic mass is 32.1. The Morgan fingerprint density at radius 3 is 2.59 bits per heavy atom. The molecule has 3 aliphatic rings. The summed E-state index contributed by atoms with van der Waals surface area (Å²) in [4.78, 5) is 45.1. The second kappa shape index (κ2) is 6.11. The molecule has 29 heavy (non-hydrogen) atoms. The molecule has 152 valence electrons. The number of benzene rings is 1. The van der Waals surface area contributed by atoms with Gasteiger partial charge in [0, 0.05) is 31.0 Å². The molecule has 2 unspecified atom stereocenters. The van der Waals surface area contributed by atoms with Crippen molar-refractivity contribution in [2.75, 3.05) is 11.4 Å². The van der Waals surface area contributed by atoms with Crippen molar-refractivity contribution in [1.29, 1.82) is 0 Å². The van der Waals surface area contributed by atoms with E-state index < -0.39 is 0 Å². The van der Waals surface area contributed by atoms with Crippen LogP contribution in [0.4, 0.5) is 5.13 Å². The van der Waals surface area contributed by atoms with Crippen molar-refractivity contribution < 1.29 is 14.4 Å². The van der Waals surface area contributed by atoms with Gasteiger partial charge in [-0.1, -0.05) is 32.1 Å². The molecule has 0 N–H and O–H groups in total. The van der Waals surface area contributed by atoms with Gasteiger partial charge in [-0.05, 0) is 48.3 Å². The molecule has 1 aromatic carbocycles. The monoisotopic (exact) mass is 411 g/mol. The summed E-state index contributed by atoms with van der Waals surface area (Å²) in [5, 5.41) is 0.406. The molecule has 2 bridgehead atoms. The van der Waals surface area contributed by atoms with Crippen molar-refractivity contribution in [2.45, 2.75) is 58.9 Å². The van der Waals surface area contributed by atoms with Gasteiger partial charge in [0.15, 0.2) is 5.13 Å². The van der Waals surface area contributed by atoms with Gasteiger partial charge in [0.2, 0.25) is 11.8 Å². The van der Waals surface area contributed by atoms with E-state index in [-0.39, 0.29) is 41.4 Å². The highest BCUT2D eigenvalue weighted by Gasteiger charge is 2.51. The van der Waals surface area contributed by atoms with E-state index in [1.165, 1.54) is 16.2 Å². The first-order chi connectivity index (χ1) is 13.6. The molecule has 7 heteroatoms. The van der Waals surface area contributed by atoms with Crippen LogP contribution in [0.3, 0.4) is 0 Å². The molecule has 3 heterocycles. The molecule has 1 saturated carbocycles. The van der Waals surface area contributed by atoms with Gasteiger partial charge in [0.25, 0.3) is 5.91 Å². The van der Waals surface area contributed by atoms with E-state index in [9.17, 15) is 14.4 Å². The Balaban J connectivity index is 1.44. The molecule has 1 aliphatic carbocycles. The second-order valence-corrected chi connectivity index (χ2v) is 11.0. The third kappa shape index (κ3) is 3.06. The van der Waals surface area contributed by atoms with Crippen LogP contribution in [0.15, 0.2) is 18.2 Å². The van der Waals surface area contributed by atoms with Gasteiger partial charge < -0.3 is 4.90 Å². The lowest BCUT2D eigenvalue weighted by Gasteiger charge is -2.39. The van der Waals surface area contributed by atoms with Gasteiger partial charge in [-0.2, -0.15) is 0 Å². The summed E-state index contributed by atoms with van der Waals surface area (Å²) in [5.41, 5.74) is 1.82. The van der Waals surface area contributed by atoms with Crippen LogP contribution in [-0.4, -0.2) is 40.2 Å². The Labute approximate surface area is 173 Å². The number of hydrogen-bond acceptors (Lipinski definition) is 5. The number of amides is 3. The Bertz CT molecular complexity index is 1040. The molecule has 1 aromatic heterocycles. The lowest BCUT2D eigenvalue weighted by molar-refractivity contribution is -0.121. The van der Waals surface area contributed by atoms with E-state index in [2.05, 4.69) is 30.7 Å². The first kappa shape index (κ1) is 18.7. The average Bonchev–Trinajstić information content (AvgIpc) is 3.26. The van der Waals surface area contributed by atoms with E-state index in [1.54, 1.807) is 0 Å². The normalized spacial score (nSPS) is 28.6. The van der Waals surface area contributed by atoms with Gasteiger partial charge in [-0.15, -0.1) is 0 Å². The molecule has 6 nitrogen and oxygen atoms in total. The number of aromatic nitrogens is 1. The topological polar surface area (TPSA) is 70.6 Å². The molecule has 2 aromatic rings. The summed E-state index contributed by atoms with van der Waals surface area (Å²) in [6.07, 6.45) is 3.75. The first-order valence-corrected chi connectivity index (χ1v) is 11.0. The van der Waals surface area contributed by atoms with Crippen LogP contribution in [-0.2, 0) is 9.59 Å². The number of hydrogen-bond donors (Lipinski definition) is 0. The molecule has 5 rings (SSSR count). The third-order valence-corrected chi connectivity index (χ3v) is 7.55. The first-order valence-electron chi connectivity index (χ1n) is 10.2. The third-order valence-electron chi connectivity index (χ3n) is 6.54. The number of rotatable bonds is 2. The maximum absolute atomic E-state index is 13.3. The number of carbonyl (C=O) groups excluding carboxylic acids is 3. The molecule has 0 radical (unpaired) electrons. The van der Waals surface area contributed by atoms with Crippen LogP contribution in [0.5, 0.6) is 0 Å². The second-order valence-electron chi connectivity index (χ2n) is 9.95. The number of nitrogens with zero attached hydrogens (tertiary/aromatic N) is 3. The molecular weight excluding hydrogens is 386 g/mol. The Kier molecular flexibility index (Phi) is 3.95. The highest BCUT2D eigenvalue weighted by Crippen LogP contribution is 2.52. The van der Waals surface area contributed by atoms with Crippen LogP contribution in [0, 0.1) is 10.8 Å². The zero-order valence-corrected chi connectivity index (χ0v) is 17.8. The van der Waals surface area contributed by atoms with E-state index in [0.29, 0.717) is 22.3 Å². The number of anilines is 1. The Hall–Kier alpha value is -2.28. The van der Waals surface area contributed by atoms with Gasteiger partial charge in [-0.25, -0.2) is 9.88 Å².